The molecule has 0 aliphatic carbocycles. The maximum absolute atomic E-state index is 11.9. The first kappa shape index (κ1) is 18.2. The number of carbonyl (C=O) groups excluding carboxylic acids is 1. The van der Waals surface area contributed by atoms with Crippen molar-refractivity contribution in [2.24, 2.45) is 0 Å². The van der Waals surface area contributed by atoms with Crippen molar-refractivity contribution in [3.63, 3.8) is 0 Å². The van der Waals surface area contributed by atoms with Crippen LogP contribution in [0, 0.1) is 13.8 Å². The number of hydrogen-bond acceptors (Lipinski definition) is 1. The highest BCUT2D eigenvalue weighted by molar-refractivity contribution is 9.10. The molecule has 0 bridgehead atoms. The Morgan fingerprint density at radius 2 is 1.52 bits per heavy atom. The molecule has 1 rings (SSSR count). The first-order valence-corrected chi connectivity index (χ1v) is 8.90. The van der Waals surface area contributed by atoms with Crippen LogP contribution < -0.4 is 5.32 Å². The SMILES string of the molecule is CCCCCCCCCC(=O)Nc1cc(C)c(Br)c(C)c1. The van der Waals surface area contributed by atoms with Crippen LogP contribution in [-0.4, -0.2) is 5.91 Å². The largest absolute Gasteiger partial charge is 0.326 e. The fourth-order valence-corrected chi connectivity index (χ4v) is 2.71. The summed E-state index contributed by atoms with van der Waals surface area (Å²) in [6.45, 7) is 6.32. The average molecular weight is 354 g/mol. The summed E-state index contributed by atoms with van der Waals surface area (Å²) in [5.74, 6) is 0.129. The minimum Gasteiger partial charge on any atom is -0.326 e. The second-order valence-electron chi connectivity index (χ2n) is 5.84. The molecule has 0 heterocycles. The Kier molecular flexibility index (Phi) is 8.67. The fourth-order valence-electron chi connectivity index (χ4n) is 2.48. The molecule has 3 heteroatoms. The molecule has 0 saturated carbocycles. The Labute approximate surface area is 137 Å². The number of amides is 1. The molecule has 1 aromatic carbocycles. The zero-order valence-corrected chi connectivity index (χ0v) is 15.2. The van der Waals surface area contributed by atoms with Crippen LogP contribution in [0.3, 0.4) is 0 Å². The monoisotopic (exact) mass is 353 g/mol. The summed E-state index contributed by atoms with van der Waals surface area (Å²) in [5, 5.41) is 3.00. The number of anilines is 1. The van der Waals surface area contributed by atoms with Crippen LogP contribution in [0.5, 0.6) is 0 Å². The molecular formula is C18H28BrNO. The molecular weight excluding hydrogens is 326 g/mol. The Morgan fingerprint density at radius 1 is 1.00 bits per heavy atom. The normalized spacial score (nSPS) is 10.7. The molecule has 1 aromatic rings. The molecule has 0 fully saturated rings. The highest BCUT2D eigenvalue weighted by Crippen LogP contribution is 2.25. The standard InChI is InChI=1S/C18H28BrNO/c1-4-5-6-7-8-9-10-11-17(21)20-16-12-14(2)18(19)15(3)13-16/h12-13H,4-11H2,1-3H3,(H,20,21). The van der Waals surface area contributed by atoms with Crippen molar-refractivity contribution in [2.75, 3.05) is 5.32 Å². The first-order valence-electron chi connectivity index (χ1n) is 8.11. The summed E-state index contributed by atoms with van der Waals surface area (Å²) < 4.78 is 1.12. The summed E-state index contributed by atoms with van der Waals surface area (Å²) >= 11 is 3.54. The molecule has 1 N–H and O–H groups in total. The Bertz CT molecular complexity index is 434. The third kappa shape index (κ3) is 7.12. The van der Waals surface area contributed by atoms with Gasteiger partial charge in [-0.1, -0.05) is 61.4 Å². The number of hydrogen-bond donors (Lipinski definition) is 1. The fraction of sp³-hybridized carbons (Fsp3) is 0.611. The van der Waals surface area contributed by atoms with E-state index in [1.165, 1.54) is 32.1 Å². The van der Waals surface area contributed by atoms with Crippen molar-refractivity contribution >= 4 is 27.5 Å². The summed E-state index contributed by atoms with van der Waals surface area (Å²) in [6.07, 6.45) is 9.30. The first-order chi connectivity index (χ1) is 10.0. The second-order valence-corrected chi connectivity index (χ2v) is 6.64. The molecule has 0 unspecified atom stereocenters. The molecule has 0 saturated heterocycles. The molecule has 0 spiro atoms. The topological polar surface area (TPSA) is 29.1 Å². The lowest BCUT2D eigenvalue weighted by Gasteiger charge is -2.09. The molecule has 0 atom stereocenters. The zero-order chi connectivity index (χ0) is 15.7. The van der Waals surface area contributed by atoms with Gasteiger partial charge in [0.2, 0.25) is 5.91 Å². The molecule has 21 heavy (non-hydrogen) atoms. The number of benzene rings is 1. The number of carbonyl (C=O) groups is 1. The Hall–Kier alpha value is -0.830. The van der Waals surface area contributed by atoms with Crippen molar-refractivity contribution in [3.8, 4) is 0 Å². The van der Waals surface area contributed by atoms with Gasteiger partial charge in [0.15, 0.2) is 0 Å². The van der Waals surface area contributed by atoms with E-state index in [2.05, 4.69) is 28.2 Å². The Morgan fingerprint density at radius 3 is 2.10 bits per heavy atom. The minimum atomic E-state index is 0.129. The summed E-state index contributed by atoms with van der Waals surface area (Å²) in [4.78, 5) is 11.9. The predicted molar refractivity (Wildman–Crippen MR) is 94.9 cm³/mol. The van der Waals surface area contributed by atoms with E-state index in [4.69, 9.17) is 0 Å². The lowest BCUT2D eigenvalue weighted by atomic mass is 10.1. The van der Waals surface area contributed by atoms with Gasteiger partial charge in [-0.05, 0) is 43.5 Å². The van der Waals surface area contributed by atoms with E-state index >= 15 is 0 Å². The number of unbranched alkanes of at least 4 members (excludes halogenated alkanes) is 6. The number of halogens is 1. The van der Waals surface area contributed by atoms with E-state index in [9.17, 15) is 4.79 Å². The lowest BCUT2D eigenvalue weighted by molar-refractivity contribution is -0.116. The van der Waals surface area contributed by atoms with Crippen LogP contribution in [0.15, 0.2) is 16.6 Å². The van der Waals surface area contributed by atoms with E-state index in [1.54, 1.807) is 0 Å². The van der Waals surface area contributed by atoms with Gasteiger partial charge in [0.05, 0.1) is 0 Å². The minimum absolute atomic E-state index is 0.129. The van der Waals surface area contributed by atoms with Crippen LogP contribution in [0.2, 0.25) is 0 Å². The van der Waals surface area contributed by atoms with Gasteiger partial charge in [0.25, 0.3) is 0 Å². The van der Waals surface area contributed by atoms with Crippen molar-refractivity contribution in [1.29, 1.82) is 0 Å². The summed E-state index contributed by atoms with van der Waals surface area (Å²) in [6, 6.07) is 4.03. The van der Waals surface area contributed by atoms with Crippen LogP contribution in [0.4, 0.5) is 5.69 Å². The maximum Gasteiger partial charge on any atom is 0.224 e. The number of nitrogens with one attached hydrogen (secondary N) is 1. The van der Waals surface area contributed by atoms with E-state index < -0.39 is 0 Å². The average Bonchev–Trinajstić information content (AvgIpc) is 2.43. The predicted octanol–water partition coefficient (Wildman–Crippen LogP) is 6.15. The number of rotatable bonds is 9. The highest BCUT2D eigenvalue weighted by Gasteiger charge is 2.06. The van der Waals surface area contributed by atoms with Gasteiger partial charge in [0, 0.05) is 16.6 Å². The van der Waals surface area contributed by atoms with Gasteiger partial charge >= 0.3 is 0 Å². The highest BCUT2D eigenvalue weighted by atomic mass is 79.9. The zero-order valence-electron chi connectivity index (χ0n) is 13.6. The third-order valence-corrected chi connectivity index (χ3v) is 4.98. The van der Waals surface area contributed by atoms with Gasteiger partial charge in [0.1, 0.15) is 0 Å². The van der Waals surface area contributed by atoms with Crippen molar-refractivity contribution < 1.29 is 4.79 Å². The molecule has 2 nitrogen and oxygen atoms in total. The van der Waals surface area contributed by atoms with Crippen LogP contribution in [-0.2, 0) is 4.79 Å². The molecule has 0 radical (unpaired) electrons. The smallest absolute Gasteiger partial charge is 0.224 e. The van der Waals surface area contributed by atoms with E-state index in [0.717, 1.165) is 34.1 Å². The van der Waals surface area contributed by atoms with E-state index in [1.807, 2.05) is 26.0 Å². The van der Waals surface area contributed by atoms with E-state index in [0.29, 0.717) is 6.42 Å². The van der Waals surface area contributed by atoms with Gasteiger partial charge in [-0.25, -0.2) is 0 Å². The Balaban J connectivity index is 2.25. The second kappa shape index (κ2) is 9.99. The summed E-state index contributed by atoms with van der Waals surface area (Å²) in [5.41, 5.74) is 3.21. The van der Waals surface area contributed by atoms with Gasteiger partial charge < -0.3 is 5.32 Å². The van der Waals surface area contributed by atoms with Gasteiger partial charge in [-0.15, -0.1) is 0 Å². The van der Waals surface area contributed by atoms with E-state index in [-0.39, 0.29) is 5.91 Å². The molecule has 0 aliphatic heterocycles. The molecule has 1 amide bonds. The number of aryl methyl sites for hydroxylation is 2. The molecule has 0 aromatic heterocycles. The quantitative estimate of drug-likeness (QED) is 0.530. The van der Waals surface area contributed by atoms with Crippen molar-refractivity contribution in [1.82, 2.24) is 0 Å². The van der Waals surface area contributed by atoms with Gasteiger partial charge in [-0.3, -0.25) is 4.79 Å². The van der Waals surface area contributed by atoms with Crippen molar-refractivity contribution in [2.45, 2.75) is 72.1 Å². The van der Waals surface area contributed by atoms with Gasteiger partial charge in [-0.2, -0.15) is 0 Å². The van der Waals surface area contributed by atoms with Crippen LogP contribution in [0.25, 0.3) is 0 Å². The van der Waals surface area contributed by atoms with Crippen LogP contribution >= 0.6 is 15.9 Å². The third-order valence-electron chi connectivity index (χ3n) is 3.73. The molecule has 118 valence electrons. The summed E-state index contributed by atoms with van der Waals surface area (Å²) in [7, 11) is 0. The molecule has 0 aliphatic rings. The lowest BCUT2D eigenvalue weighted by Crippen LogP contribution is -2.11. The van der Waals surface area contributed by atoms with Crippen LogP contribution in [0.1, 0.15) is 69.4 Å². The maximum atomic E-state index is 11.9. The van der Waals surface area contributed by atoms with Crippen molar-refractivity contribution in [3.05, 3.63) is 27.7 Å².